The minimum atomic E-state index is -0.883. The third-order valence-electron chi connectivity index (χ3n) is 2.62. The molecule has 0 aliphatic rings. The normalized spacial score (nSPS) is 11.4. The highest BCUT2D eigenvalue weighted by atomic mass is 16.4. The van der Waals surface area contributed by atoms with Crippen molar-refractivity contribution in [1.82, 2.24) is 0 Å². The molecule has 0 aliphatic heterocycles. The lowest BCUT2D eigenvalue weighted by molar-refractivity contribution is -0.137. The lowest BCUT2D eigenvalue weighted by atomic mass is 10.0. The van der Waals surface area contributed by atoms with Crippen LogP contribution in [0, 0.1) is 11.8 Å². The lowest BCUT2D eigenvalue weighted by Crippen LogP contribution is -2.14. The number of carbonyl (C=O) groups is 1. The predicted molar refractivity (Wildman–Crippen MR) is 72.0 cm³/mol. The molecule has 3 N–H and O–H groups in total. The number of hydrogen-bond acceptors (Lipinski definition) is 2. The summed E-state index contributed by atoms with van der Waals surface area (Å²) < 4.78 is 0. The molecular weight excluding hydrogens is 226 g/mol. The Balaban J connectivity index is 2.61. The molecule has 1 aromatic rings. The molecule has 0 spiro atoms. The molecule has 1 aromatic carbocycles. The van der Waals surface area contributed by atoms with Crippen LogP contribution in [-0.2, 0) is 4.79 Å². The van der Waals surface area contributed by atoms with Gasteiger partial charge < -0.3 is 10.8 Å². The van der Waals surface area contributed by atoms with Crippen LogP contribution in [-0.4, -0.2) is 11.1 Å². The minimum Gasteiger partial charge on any atom is -0.481 e. The Hall–Kier alpha value is -1.79. The molecule has 1 unspecified atom stereocenters. The van der Waals surface area contributed by atoms with Crippen molar-refractivity contribution in [2.75, 3.05) is 0 Å². The molecule has 18 heavy (non-hydrogen) atoms. The van der Waals surface area contributed by atoms with E-state index in [1.165, 1.54) is 0 Å². The molecule has 0 amide bonds. The minimum absolute atomic E-state index is 0.0540. The summed E-state index contributed by atoms with van der Waals surface area (Å²) in [6.07, 6.45) is 3.13. The zero-order valence-electron chi connectivity index (χ0n) is 10.6. The van der Waals surface area contributed by atoms with Crippen molar-refractivity contribution in [2.45, 2.75) is 38.6 Å². The van der Waals surface area contributed by atoms with Crippen molar-refractivity contribution in [1.29, 1.82) is 0 Å². The zero-order valence-corrected chi connectivity index (χ0v) is 10.6. The molecule has 1 atom stereocenters. The molecule has 0 aliphatic carbocycles. The highest BCUT2D eigenvalue weighted by Gasteiger charge is 2.09. The second-order valence-electron chi connectivity index (χ2n) is 4.23. The summed E-state index contributed by atoms with van der Waals surface area (Å²) in [6.45, 7) is 2.14. The van der Waals surface area contributed by atoms with Gasteiger partial charge in [0.2, 0.25) is 0 Å². The van der Waals surface area contributed by atoms with Crippen LogP contribution in [0.15, 0.2) is 24.3 Å². The van der Waals surface area contributed by atoms with Crippen molar-refractivity contribution < 1.29 is 9.90 Å². The number of nitrogens with two attached hydrogens (primary N) is 1. The quantitative estimate of drug-likeness (QED) is 0.619. The van der Waals surface area contributed by atoms with Crippen molar-refractivity contribution in [3.8, 4) is 11.8 Å². The molecule has 3 nitrogen and oxygen atoms in total. The zero-order chi connectivity index (χ0) is 13.4. The molecule has 3 heteroatoms. The number of carboxylic acids is 1. The van der Waals surface area contributed by atoms with E-state index in [0.29, 0.717) is 0 Å². The van der Waals surface area contributed by atoms with Crippen LogP contribution in [0.1, 0.15) is 49.8 Å². The number of aliphatic carboxylic acids is 1. The van der Waals surface area contributed by atoms with Gasteiger partial charge in [-0.15, -0.1) is 0 Å². The number of carboxylic acid groups (broad SMARTS) is 1. The van der Waals surface area contributed by atoms with E-state index in [0.717, 1.165) is 30.4 Å². The highest BCUT2D eigenvalue weighted by molar-refractivity contribution is 5.67. The standard InChI is InChI=1S/C15H19NO2/c1-2-3-4-5-6-12-7-9-13(10-8-12)14(16)11-15(17)18/h7-10,14H,2-4,11,16H2,1H3,(H,17,18). The van der Waals surface area contributed by atoms with E-state index in [-0.39, 0.29) is 6.42 Å². The van der Waals surface area contributed by atoms with Gasteiger partial charge in [0, 0.05) is 18.0 Å². The maximum absolute atomic E-state index is 10.6. The van der Waals surface area contributed by atoms with Crippen LogP contribution < -0.4 is 5.73 Å². The largest absolute Gasteiger partial charge is 0.481 e. The van der Waals surface area contributed by atoms with Gasteiger partial charge in [-0.1, -0.05) is 37.3 Å². The fourth-order valence-electron chi connectivity index (χ4n) is 1.55. The SMILES string of the molecule is CCCCC#Cc1ccc(C(N)CC(=O)O)cc1. The number of rotatable bonds is 5. The van der Waals surface area contributed by atoms with Gasteiger partial charge in [0.1, 0.15) is 0 Å². The van der Waals surface area contributed by atoms with E-state index in [1.807, 2.05) is 24.3 Å². The fraction of sp³-hybridized carbons (Fsp3) is 0.400. The van der Waals surface area contributed by atoms with Crippen molar-refractivity contribution in [2.24, 2.45) is 5.73 Å². The van der Waals surface area contributed by atoms with E-state index in [9.17, 15) is 4.79 Å². The summed E-state index contributed by atoms with van der Waals surface area (Å²) in [7, 11) is 0. The van der Waals surface area contributed by atoms with Crippen molar-refractivity contribution >= 4 is 5.97 Å². The smallest absolute Gasteiger partial charge is 0.305 e. The second kappa shape index (κ2) is 7.52. The van der Waals surface area contributed by atoms with E-state index in [4.69, 9.17) is 10.8 Å². The molecule has 0 heterocycles. The van der Waals surface area contributed by atoms with E-state index < -0.39 is 12.0 Å². The monoisotopic (exact) mass is 245 g/mol. The Morgan fingerprint density at radius 2 is 2.06 bits per heavy atom. The van der Waals surface area contributed by atoms with Crippen LogP contribution in [0.5, 0.6) is 0 Å². The van der Waals surface area contributed by atoms with Crippen LogP contribution >= 0.6 is 0 Å². The summed E-state index contributed by atoms with van der Waals surface area (Å²) in [5.74, 6) is 5.30. The molecule has 0 fully saturated rings. The summed E-state index contributed by atoms with van der Waals surface area (Å²) >= 11 is 0. The lowest BCUT2D eigenvalue weighted by Gasteiger charge is -2.08. The van der Waals surface area contributed by atoms with E-state index >= 15 is 0 Å². The Bertz CT molecular complexity index is 440. The van der Waals surface area contributed by atoms with Crippen LogP contribution in [0.25, 0.3) is 0 Å². The fourth-order valence-corrected chi connectivity index (χ4v) is 1.55. The molecule has 0 saturated heterocycles. The Labute approximate surface area is 108 Å². The number of hydrogen-bond donors (Lipinski definition) is 2. The molecule has 0 bridgehead atoms. The molecule has 0 saturated carbocycles. The third-order valence-corrected chi connectivity index (χ3v) is 2.62. The van der Waals surface area contributed by atoms with Gasteiger partial charge in [0.05, 0.1) is 6.42 Å². The predicted octanol–water partition coefficient (Wildman–Crippen LogP) is 2.70. The van der Waals surface area contributed by atoms with Gasteiger partial charge in [-0.2, -0.15) is 0 Å². The van der Waals surface area contributed by atoms with Gasteiger partial charge in [-0.25, -0.2) is 0 Å². The van der Waals surface area contributed by atoms with Gasteiger partial charge in [0.15, 0.2) is 0 Å². The molecule has 96 valence electrons. The average Bonchev–Trinajstić information content (AvgIpc) is 2.34. The summed E-state index contributed by atoms with van der Waals surface area (Å²) in [5.41, 5.74) is 7.54. The summed E-state index contributed by atoms with van der Waals surface area (Å²) in [4.78, 5) is 10.6. The molecule has 1 rings (SSSR count). The van der Waals surface area contributed by atoms with Crippen LogP contribution in [0.2, 0.25) is 0 Å². The summed E-state index contributed by atoms with van der Waals surface area (Å²) in [6, 6.07) is 7.01. The Morgan fingerprint density at radius 1 is 1.39 bits per heavy atom. The first-order valence-corrected chi connectivity index (χ1v) is 6.19. The van der Waals surface area contributed by atoms with Crippen LogP contribution in [0.4, 0.5) is 0 Å². The highest BCUT2D eigenvalue weighted by Crippen LogP contribution is 2.14. The molecule has 0 aromatic heterocycles. The van der Waals surface area contributed by atoms with Gasteiger partial charge >= 0.3 is 5.97 Å². The maximum atomic E-state index is 10.6. The van der Waals surface area contributed by atoms with E-state index in [2.05, 4.69) is 18.8 Å². The van der Waals surface area contributed by atoms with Crippen LogP contribution in [0.3, 0.4) is 0 Å². The third kappa shape index (κ3) is 5.03. The maximum Gasteiger partial charge on any atom is 0.305 e. The average molecular weight is 245 g/mol. The first-order chi connectivity index (χ1) is 8.63. The molecule has 0 radical (unpaired) electrons. The Morgan fingerprint density at radius 3 is 2.61 bits per heavy atom. The number of benzene rings is 1. The first-order valence-electron chi connectivity index (χ1n) is 6.19. The summed E-state index contributed by atoms with van der Waals surface area (Å²) in [5, 5.41) is 8.66. The topological polar surface area (TPSA) is 63.3 Å². The van der Waals surface area contributed by atoms with Gasteiger partial charge in [0.25, 0.3) is 0 Å². The Kier molecular flexibility index (Phi) is 5.96. The van der Waals surface area contributed by atoms with Crippen molar-refractivity contribution in [3.05, 3.63) is 35.4 Å². The van der Waals surface area contributed by atoms with Gasteiger partial charge in [-0.3, -0.25) is 4.79 Å². The second-order valence-corrected chi connectivity index (χ2v) is 4.23. The molecular formula is C15H19NO2. The van der Waals surface area contributed by atoms with Crippen molar-refractivity contribution in [3.63, 3.8) is 0 Å². The first kappa shape index (κ1) is 14.3. The van der Waals surface area contributed by atoms with Gasteiger partial charge in [-0.05, 0) is 24.1 Å². The van der Waals surface area contributed by atoms with E-state index in [1.54, 1.807) is 0 Å². The number of unbranched alkanes of at least 4 members (excludes halogenated alkanes) is 2.